The Balaban J connectivity index is 1.36. The third-order valence-corrected chi connectivity index (χ3v) is 10.3. The molecule has 2 aromatic carbocycles. The van der Waals surface area contributed by atoms with E-state index in [1.807, 2.05) is 18.2 Å². The van der Waals surface area contributed by atoms with Crippen LogP contribution in [0.5, 0.6) is 5.75 Å². The molecule has 0 aliphatic heterocycles. The van der Waals surface area contributed by atoms with Gasteiger partial charge in [-0.1, -0.05) is 55.8 Å². The van der Waals surface area contributed by atoms with Gasteiger partial charge in [-0.15, -0.1) is 0 Å². The second-order valence-corrected chi connectivity index (χ2v) is 13.9. The van der Waals surface area contributed by atoms with Gasteiger partial charge in [-0.3, -0.25) is 19.3 Å². The summed E-state index contributed by atoms with van der Waals surface area (Å²) in [6, 6.07) is 11.8. The van der Waals surface area contributed by atoms with Gasteiger partial charge in [-0.05, 0) is 60.3 Å². The third kappa shape index (κ3) is 4.91. The highest BCUT2D eigenvalue weighted by molar-refractivity contribution is 6.32. The van der Waals surface area contributed by atoms with Crippen molar-refractivity contribution in [2.75, 3.05) is 13.1 Å². The number of carbonyl (C=O) groups is 3. The van der Waals surface area contributed by atoms with E-state index < -0.39 is 52.0 Å². The van der Waals surface area contributed by atoms with Crippen LogP contribution in [0.2, 0.25) is 5.02 Å². The number of aliphatic hydroxyl groups excluding tert-OH is 2. The van der Waals surface area contributed by atoms with E-state index >= 15 is 0 Å². The van der Waals surface area contributed by atoms with Crippen LogP contribution in [-0.2, 0) is 32.8 Å². The number of Topliss-reactive ketones (excluding diaryl/α,β-unsaturated/α-hetero) is 2. The van der Waals surface area contributed by atoms with Gasteiger partial charge in [-0.2, -0.15) is 0 Å². The second-order valence-electron chi connectivity index (χ2n) is 13.5. The van der Waals surface area contributed by atoms with Crippen LogP contribution < -0.4 is 5.73 Å². The van der Waals surface area contributed by atoms with E-state index in [0.29, 0.717) is 28.6 Å². The van der Waals surface area contributed by atoms with Crippen LogP contribution in [0.25, 0.3) is 5.76 Å². The molecule has 0 heterocycles. The normalized spacial score (nSPS) is 25.2. The smallest absolute Gasteiger partial charge is 0.255 e. The van der Waals surface area contributed by atoms with Crippen LogP contribution >= 0.6 is 11.6 Å². The number of halogens is 1. The maximum Gasteiger partial charge on any atom is 0.255 e. The highest BCUT2D eigenvalue weighted by Crippen LogP contribution is 2.53. The van der Waals surface area contributed by atoms with Crippen molar-refractivity contribution in [2.24, 2.45) is 23.5 Å². The molecule has 10 heteroatoms. The minimum Gasteiger partial charge on any atom is -0.508 e. The fourth-order valence-corrected chi connectivity index (χ4v) is 7.76. The molecule has 0 aromatic heterocycles. The Morgan fingerprint density at radius 3 is 2.43 bits per heavy atom. The SMILES string of the molecule is CC(C)(CN(Cc1cc(O)c2c(c1Cl)CC1C[C@H]3CC(=O)C(C(N)=O)=C(O)[C@@]3(O)C(=O)C1=C2O)CC1CC1)c1ccccc1. The Bertz CT molecular complexity index is 1640. The van der Waals surface area contributed by atoms with Crippen molar-refractivity contribution in [3.8, 4) is 5.75 Å². The predicted molar refractivity (Wildman–Crippen MR) is 164 cm³/mol. The maximum absolute atomic E-state index is 13.7. The molecule has 0 spiro atoms. The van der Waals surface area contributed by atoms with Crippen LogP contribution in [0.3, 0.4) is 0 Å². The van der Waals surface area contributed by atoms with Gasteiger partial charge in [0.25, 0.3) is 5.91 Å². The zero-order valence-corrected chi connectivity index (χ0v) is 25.5. The molecule has 0 radical (unpaired) electrons. The summed E-state index contributed by atoms with van der Waals surface area (Å²) >= 11 is 7.02. The number of aromatic hydroxyl groups is 1. The zero-order chi connectivity index (χ0) is 31.7. The van der Waals surface area contributed by atoms with Crippen LogP contribution in [-0.4, -0.2) is 61.5 Å². The first-order valence-corrected chi connectivity index (χ1v) is 15.4. The lowest BCUT2D eigenvalue weighted by Gasteiger charge is -2.46. The van der Waals surface area contributed by atoms with Gasteiger partial charge >= 0.3 is 0 Å². The summed E-state index contributed by atoms with van der Waals surface area (Å²) in [6.07, 6.45) is 2.21. The molecule has 0 saturated heterocycles. The molecule has 4 aliphatic carbocycles. The highest BCUT2D eigenvalue weighted by Gasteiger charge is 2.60. The van der Waals surface area contributed by atoms with Crippen molar-refractivity contribution in [2.45, 2.75) is 63.5 Å². The molecule has 0 bridgehead atoms. The van der Waals surface area contributed by atoms with E-state index in [2.05, 4.69) is 30.9 Å². The molecule has 1 amide bonds. The number of nitrogens with zero attached hydrogens (tertiary/aromatic N) is 1. The van der Waals surface area contributed by atoms with E-state index in [-0.39, 0.29) is 41.6 Å². The minimum absolute atomic E-state index is 0.00392. The first-order valence-electron chi connectivity index (χ1n) is 15.0. The topological polar surface area (TPSA) is 161 Å². The summed E-state index contributed by atoms with van der Waals surface area (Å²) in [7, 11) is 0. The van der Waals surface area contributed by atoms with E-state index in [1.54, 1.807) is 0 Å². The quantitative estimate of drug-likeness (QED) is 0.273. The fraction of sp³-hybridized carbons (Fsp3) is 0.441. The lowest BCUT2D eigenvalue weighted by atomic mass is 9.59. The number of benzene rings is 2. The van der Waals surface area contributed by atoms with Gasteiger partial charge in [0.1, 0.15) is 22.8 Å². The average molecular weight is 621 g/mol. The number of hydrogen-bond donors (Lipinski definition) is 5. The zero-order valence-electron chi connectivity index (χ0n) is 24.8. The Hall–Kier alpha value is -3.66. The summed E-state index contributed by atoms with van der Waals surface area (Å²) in [5, 5.41) is 45.2. The van der Waals surface area contributed by atoms with Gasteiger partial charge in [0, 0.05) is 48.0 Å². The number of rotatable bonds is 8. The largest absolute Gasteiger partial charge is 0.508 e. The third-order valence-electron chi connectivity index (χ3n) is 9.85. The van der Waals surface area contributed by atoms with Crippen molar-refractivity contribution in [1.29, 1.82) is 0 Å². The van der Waals surface area contributed by atoms with Gasteiger partial charge < -0.3 is 26.2 Å². The van der Waals surface area contributed by atoms with Crippen molar-refractivity contribution in [3.05, 3.63) is 80.6 Å². The summed E-state index contributed by atoms with van der Waals surface area (Å²) < 4.78 is 0. The summed E-state index contributed by atoms with van der Waals surface area (Å²) in [5.41, 5.74) is 3.93. The monoisotopic (exact) mass is 620 g/mol. The molecule has 3 atom stereocenters. The van der Waals surface area contributed by atoms with Crippen LogP contribution in [0.4, 0.5) is 0 Å². The van der Waals surface area contributed by atoms with Gasteiger partial charge in [0.15, 0.2) is 11.4 Å². The van der Waals surface area contributed by atoms with Crippen molar-refractivity contribution in [1.82, 2.24) is 4.90 Å². The Labute approximate surface area is 260 Å². The lowest BCUT2D eigenvalue weighted by Crippen LogP contribution is -2.58. The molecule has 2 aromatic rings. The lowest BCUT2D eigenvalue weighted by molar-refractivity contribution is -0.147. The van der Waals surface area contributed by atoms with E-state index in [0.717, 1.165) is 13.1 Å². The number of ketones is 2. The average Bonchev–Trinajstić information content (AvgIpc) is 3.77. The number of fused-ring (bicyclic) bond motifs is 3. The molecule has 4 aliphatic rings. The van der Waals surface area contributed by atoms with Gasteiger partial charge in [0.05, 0.1) is 5.56 Å². The number of amides is 1. The van der Waals surface area contributed by atoms with Crippen molar-refractivity contribution < 1.29 is 34.8 Å². The highest BCUT2D eigenvalue weighted by atomic mass is 35.5. The summed E-state index contributed by atoms with van der Waals surface area (Å²) in [5.74, 6) is -5.97. The van der Waals surface area contributed by atoms with Crippen molar-refractivity contribution >= 4 is 34.8 Å². The molecule has 44 heavy (non-hydrogen) atoms. The Morgan fingerprint density at radius 1 is 1.11 bits per heavy atom. The molecule has 2 fully saturated rings. The Morgan fingerprint density at radius 2 is 1.80 bits per heavy atom. The number of phenols is 1. The maximum atomic E-state index is 13.7. The molecule has 9 nitrogen and oxygen atoms in total. The first-order chi connectivity index (χ1) is 20.7. The molecule has 1 unspecified atom stereocenters. The number of aliphatic hydroxyl groups is 3. The number of nitrogens with two attached hydrogens (primary N) is 1. The summed E-state index contributed by atoms with van der Waals surface area (Å²) in [6.45, 7) is 6.52. The van der Waals surface area contributed by atoms with Gasteiger partial charge in [-0.25, -0.2) is 0 Å². The number of hydrogen-bond acceptors (Lipinski definition) is 8. The second kappa shape index (κ2) is 10.8. The van der Waals surface area contributed by atoms with Gasteiger partial charge in [0.2, 0.25) is 5.78 Å². The fourth-order valence-electron chi connectivity index (χ4n) is 7.47. The Kier molecular flexibility index (Phi) is 7.42. The van der Waals surface area contributed by atoms with E-state index in [9.17, 15) is 34.8 Å². The molecule has 6 N–H and O–H groups in total. The van der Waals surface area contributed by atoms with E-state index in [4.69, 9.17) is 17.3 Å². The van der Waals surface area contributed by atoms with Crippen LogP contribution in [0.1, 0.15) is 61.8 Å². The number of carbonyl (C=O) groups excluding carboxylic acids is 3. The first kappa shape index (κ1) is 30.4. The number of phenolic OH excluding ortho intramolecular Hbond substituents is 1. The standard InChI is InChI=1S/C34H37ClN2O7/c1-33(2,20-6-4-3-5-7-20)16-37(14-17-8-9-17)15-19-12-23(38)26-22(28(19)35)11-18-10-21-13-24(39)27(32(36)43)31(42)34(21,44)30(41)25(18)29(26)40/h3-7,12,17-18,21,38,40,42,44H,8-11,13-16H2,1-2H3,(H2,36,43)/t18?,21-,34-/m0/s1. The van der Waals surface area contributed by atoms with Crippen LogP contribution in [0.15, 0.2) is 53.3 Å². The number of primary amides is 1. The summed E-state index contributed by atoms with van der Waals surface area (Å²) in [4.78, 5) is 40.6. The van der Waals surface area contributed by atoms with E-state index in [1.165, 1.54) is 24.5 Å². The predicted octanol–water partition coefficient (Wildman–Crippen LogP) is 4.27. The molecular weight excluding hydrogens is 584 g/mol. The molecular formula is C34H37ClN2O7. The molecule has 2 saturated carbocycles. The molecule has 6 rings (SSSR count). The van der Waals surface area contributed by atoms with Crippen LogP contribution in [0, 0.1) is 17.8 Å². The minimum atomic E-state index is -2.59. The van der Waals surface area contributed by atoms with Crippen molar-refractivity contribution in [3.63, 3.8) is 0 Å². The molecule has 232 valence electrons.